The van der Waals surface area contributed by atoms with Crippen LogP contribution in [0.5, 0.6) is 0 Å². The fourth-order valence-corrected chi connectivity index (χ4v) is 4.75. The van der Waals surface area contributed by atoms with Gasteiger partial charge in [-0.25, -0.2) is 4.79 Å². The zero-order valence-electron chi connectivity index (χ0n) is 18.6. The SMILES string of the molecule is C=CCC1(C(=O)O)CN(C(=O)C(C)CNC(=O)OCC2c3ccccc3-c3ccccc32)C1. The summed E-state index contributed by atoms with van der Waals surface area (Å²) in [6.45, 7) is 5.95. The first-order chi connectivity index (χ1) is 15.9. The first kappa shape index (κ1) is 22.6. The number of carbonyl (C=O) groups excluding carboxylic acids is 2. The number of fused-ring (bicyclic) bond motifs is 3. The van der Waals surface area contributed by atoms with Crippen molar-refractivity contribution in [3.63, 3.8) is 0 Å². The standard InChI is InChI=1S/C26H28N2O5/c1-3-12-26(24(30)31)15-28(16-26)23(29)17(2)13-27-25(32)33-14-22-20-10-6-4-8-18(20)19-9-5-7-11-21(19)22/h3-11,17,22H,1,12-16H2,2H3,(H,27,32)(H,30,31). The Morgan fingerprint density at radius 2 is 1.73 bits per heavy atom. The molecule has 1 aliphatic heterocycles. The lowest BCUT2D eigenvalue weighted by Gasteiger charge is -2.47. The van der Waals surface area contributed by atoms with Gasteiger partial charge in [0.1, 0.15) is 12.0 Å². The third-order valence-electron chi connectivity index (χ3n) is 6.61. The lowest BCUT2D eigenvalue weighted by molar-refractivity contribution is -0.167. The third kappa shape index (κ3) is 4.23. The molecule has 172 valence electrons. The number of aliphatic carboxylic acids is 1. The minimum Gasteiger partial charge on any atom is -0.481 e. The van der Waals surface area contributed by atoms with Crippen molar-refractivity contribution < 1.29 is 24.2 Å². The number of likely N-dealkylation sites (tertiary alicyclic amines) is 1. The summed E-state index contributed by atoms with van der Waals surface area (Å²) in [6, 6.07) is 16.2. The molecule has 1 unspecified atom stereocenters. The minimum absolute atomic E-state index is 0.0303. The molecule has 2 aliphatic rings. The molecule has 33 heavy (non-hydrogen) atoms. The summed E-state index contributed by atoms with van der Waals surface area (Å²) < 4.78 is 5.50. The van der Waals surface area contributed by atoms with E-state index in [9.17, 15) is 19.5 Å². The Morgan fingerprint density at radius 3 is 2.27 bits per heavy atom. The number of amides is 2. The van der Waals surface area contributed by atoms with Gasteiger partial charge in [-0.1, -0.05) is 61.5 Å². The normalized spacial score (nSPS) is 16.7. The highest BCUT2D eigenvalue weighted by molar-refractivity contribution is 5.85. The zero-order chi connectivity index (χ0) is 23.6. The average molecular weight is 449 g/mol. The quantitative estimate of drug-likeness (QED) is 0.601. The number of carbonyl (C=O) groups is 3. The third-order valence-corrected chi connectivity index (χ3v) is 6.61. The first-order valence-electron chi connectivity index (χ1n) is 11.1. The Balaban J connectivity index is 1.28. The van der Waals surface area contributed by atoms with Gasteiger partial charge in [0.25, 0.3) is 0 Å². The summed E-state index contributed by atoms with van der Waals surface area (Å²) in [5, 5.41) is 12.1. The molecule has 7 nitrogen and oxygen atoms in total. The highest BCUT2D eigenvalue weighted by Gasteiger charge is 2.50. The number of ether oxygens (including phenoxy) is 1. The zero-order valence-corrected chi connectivity index (χ0v) is 18.6. The maximum Gasteiger partial charge on any atom is 0.407 e. The van der Waals surface area contributed by atoms with E-state index in [2.05, 4.69) is 36.2 Å². The van der Waals surface area contributed by atoms with Gasteiger partial charge in [0, 0.05) is 25.6 Å². The van der Waals surface area contributed by atoms with Gasteiger partial charge in [0.2, 0.25) is 5.91 Å². The van der Waals surface area contributed by atoms with Gasteiger partial charge in [-0.05, 0) is 28.7 Å². The van der Waals surface area contributed by atoms with E-state index in [1.807, 2.05) is 24.3 Å². The second-order valence-corrected chi connectivity index (χ2v) is 8.88. The number of nitrogens with zero attached hydrogens (tertiary/aromatic N) is 1. The molecule has 2 aromatic carbocycles. The summed E-state index contributed by atoms with van der Waals surface area (Å²) >= 11 is 0. The van der Waals surface area contributed by atoms with Gasteiger partial charge in [-0.2, -0.15) is 0 Å². The number of alkyl carbamates (subject to hydrolysis) is 1. The molecule has 0 aromatic heterocycles. The van der Waals surface area contributed by atoms with Crippen LogP contribution in [0, 0.1) is 11.3 Å². The van der Waals surface area contributed by atoms with E-state index in [1.165, 1.54) is 4.90 Å². The molecule has 1 saturated heterocycles. The van der Waals surface area contributed by atoms with Crippen molar-refractivity contribution >= 4 is 18.0 Å². The molecule has 7 heteroatoms. The summed E-state index contributed by atoms with van der Waals surface area (Å²) in [7, 11) is 0. The van der Waals surface area contributed by atoms with Crippen molar-refractivity contribution in [3.8, 4) is 11.1 Å². The second kappa shape index (κ2) is 9.10. The van der Waals surface area contributed by atoms with Crippen LogP contribution in [0.4, 0.5) is 4.79 Å². The molecular formula is C26H28N2O5. The average Bonchev–Trinajstić information content (AvgIpc) is 3.11. The Labute approximate surface area is 193 Å². The fourth-order valence-electron chi connectivity index (χ4n) is 4.75. The molecule has 1 heterocycles. The first-order valence-corrected chi connectivity index (χ1v) is 11.1. The van der Waals surface area contributed by atoms with E-state index < -0.39 is 23.4 Å². The van der Waals surface area contributed by atoms with Gasteiger partial charge in [0.05, 0.1) is 5.92 Å². The number of carboxylic acid groups (broad SMARTS) is 1. The van der Waals surface area contributed by atoms with Crippen molar-refractivity contribution in [3.05, 3.63) is 72.3 Å². The molecule has 0 radical (unpaired) electrons. The topological polar surface area (TPSA) is 95.9 Å². The van der Waals surface area contributed by atoms with E-state index in [4.69, 9.17) is 4.74 Å². The number of hydrogen-bond acceptors (Lipinski definition) is 4. The fraction of sp³-hybridized carbons (Fsp3) is 0.346. The van der Waals surface area contributed by atoms with Gasteiger partial charge < -0.3 is 20.1 Å². The smallest absolute Gasteiger partial charge is 0.407 e. The van der Waals surface area contributed by atoms with Gasteiger partial charge >= 0.3 is 12.1 Å². The van der Waals surface area contributed by atoms with Gasteiger partial charge in [0.15, 0.2) is 0 Å². The number of carboxylic acids is 1. The molecule has 4 rings (SSSR count). The Morgan fingerprint density at radius 1 is 1.15 bits per heavy atom. The van der Waals surface area contributed by atoms with Crippen molar-refractivity contribution in [2.24, 2.45) is 11.3 Å². The van der Waals surface area contributed by atoms with Crippen LogP contribution in [0.2, 0.25) is 0 Å². The van der Waals surface area contributed by atoms with Crippen molar-refractivity contribution in [1.82, 2.24) is 10.2 Å². The Bertz CT molecular complexity index is 1040. The number of hydrogen-bond donors (Lipinski definition) is 2. The van der Waals surface area contributed by atoms with Crippen LogP contribution in [-0.4, -0.2) is 54.2 Å². The molecule has 0 bridgehead atoms. The summed E-state index contributed by atoms with van der Waals surface area (Å²) in [4.78, 5) is 38.0. The van der Waals surface area contributed by atoms with Crippen LogP contribution in [0.15, 0.2) is 61.2 Å². The van der Waals surface area contributed by atoms with Crippen LogP contribution in [-0.2, 0) is 14.3 Å². The largest absolute Gasteiger partial charge is 0.481 e. The lowest BCUT2D eigenvalue weighted by Crippen LogP contribution is -2.63. The highest BCUT2D eigenvalue weighted by atomic mass is 16.5. The summed E-state index contributed by atoms with van der Waals surface area (Å²) in [5.74, 6) is -1.62. The lowest BCUT2D eigenvalue weighted by atomic mass is 9.76. The molecule has 1 aliphatic carbocycles. The molecule has 1 atom stereocenters. The number of nitrogens with one attached hydrogen (secondary N) is 1. The molecule has 1 fully saturated rings. The van der Waals surface area contributed by atoms with Crippen LogP contribution >= 0.6 is 0 Å². The van der Waals surface area contributed by atoms with E-state index in [1.54, 1.807) is 13.0 Å². The van der Waals surface area contributed by atoms with E-state index in [0.29, 0.717) is 6.42 Å². The monoisotopic (exact) mass is 448 g/mol. The maximum atomic E-state index is 12.6. The maximum absolute atomic E-state index is 12.6. The number of benzene rings is 2. The number of rotatable bonds is 8. The molecule has 2 aromatic rings. The van der Waals surface area contributed by atoms with E-state index >= 15 is 0 Å². The van der Waals surface area contributed by atoms with Crippen molar-refractivity contribution in [1.29, 1.82) is 0 Å². The Hall–Kier alpha value is -3.61. The Kier molecular flexibility index (Phi) is 6.22. The molecular weight excluding hydrogens is 420 g/mol. The highest BCUT2D eigenvalue weighted by Crippen LogP contribution is 2.44. The summed E-state index contributed by atoms with van der Waals surface area (Å²) in [5.41, 5.74) is 3.63. The predicted octanol–water partition coefficient (Wildman–Crippen LogP) is 3.65. The number of allylic oxidation sites excluding steroid dienone is 1. The van der Waals surface area contributed by atoms with Crippen LogP contribution in [0.3, 0.4) is 0 Å². The van der Waals surface area contributed by atoms with Gasteiger partial charge in [-0.3, -0.25) is 9.59 Å². The van der Waals surface area contributed by atoms with Crippen molar-refractivity contribution in [2.45, 2.75) is 19.3 Å². The van der Waals surface area contributed by atoms with Crippen LogP contribution in [0.1, 0.15) is 30.4 Å². The van der Waals surface area contributed by atoms with Gasteiger partial charge in [-0.15, -0.1) is 6.58 Å². The molecule has 2 amide bonds. The predicted molar refractivity (Wildman–Crippen MR) is 124 cm³/mol. The van der Waals surface area contributed by atoms with Crippen LogP contribution in [0.25, 0.3) is 11.1 Å². The minimum atomic E-state index is -0.947. The molecule has 2 N–H and O–H groups in total. The van der Waals surface area contributed by atoms with E-state index in [0.717, 1.165) is 22.3 Å². The molecule has 0 spiro atoms. The van der Waals surface area contributed by atoms with Crippen molar-refractivity contribution in [2.75, 3.05) is 26.2 Å². The van der Waals surface area contributed by atoms with Crippen LogP contribution < -0.4 is 5.32 Å². The summed E-state index contributed by atoms with van der Waals surface area (Å²) in [6.07, 6.45) is 1.31. The molecule has 0 saturated carbocycles. The second-order valence-electron chi connectivity index (χ2n) is 8.88. The van der Waals surface area contributed by atoms with E-state index in [-0.39, 0.29) is 38.1 Å².